The molecule has 0 saturated heterocycles. The van der Waals surface area contributed by atoms with Crippen molar-refractivity contribution in [2.24, 2.45) is 0 Å². The van der Waals surface area contributed by atoms with E-state index < -0.39 is 5.97 Å². The van der Waals surface area contributed by atoms with Crippen molar-refractivity contribution < 1.29 is 14.3 Å². The molecule has 0 heterocycles. The molecule has 0 aliphatic heterocycles. The molecule has 0 unspecified atom stereocenters. The third kappa shape index (κ3) is 8.79. The van der Waals surface area contributed by atoms with Crippen molar-refractivity contribution in [2.45, 2.75) is 26.7 Å². The van der Waals surface area contributed by atoms with E-state index in [1.165, 1.54) is 0 Å². The van der Waals surface area contributed by atoms with Crippen molar-refractivity contribution in [2.75, 3.05) is 19.7 Å². The smallest absolute Gasteiger partial charge is 0.333 e. The summed E-state index contributed by atoms with van der Waals surface area (Å²) in [6.45, 7) is 19.3. The van der Waals surface area contributed by atoms with Gasteiger partial charge in [-0.1, -0.05) is 37.5 Å². The number of ether oxygens (including phenoxy) is 1. The lowest BCUT2D eigenvalue weighted by molar-refractivity contribution is -0.138. The van der Waals surface area contributed by atoms with Gasteiger partial charge < -0.3 is 15.4 Å². The molecule has 22 heavy (non-hydrogen) atoms. The van der Waals surface area contributed by atoms with Crippen LogP contribution in [0.15, 0.2) is 48.7 Å². The summed E-state index contributed by atoms with van der Waals surface area (Å²) in [7, 11) is 0. The number of carbonyl (C=O) groups excluding carboxylic acids is 2. The molecule has 0 spiro atoms. The SMILES string of the molecule is C=C(C)C(=C)CCCNC(=O)C(=C)NCCOC(=O)C(=C)C. The number of esters is 1. The van der Waals surface area contributed by atoms with Crippen LogP contribution in [0.4, 0.5) is 0 Å². The topological polar surface area (TPSA) is 67.4 Å². The zero-order valence-corrected chi connectivity index (χ0v) is 13.6. The Hall–Kier alpha value is -2.30. The standard InChI is InChI=1S/C17H26N2O3/c1-12(2)14(5)8-7-9-19-16(20)15(6)18-10-11-22-17(21)13(3)4/h18H,1,3,5-11H2,2,4H3,(H,19,20). The maximum atomic E-state index is 11.7. The van der Waals surface area contributed by atoms with Crippen LogP contribution in [0.25, 0.3) is 0 Å². The Balaban J connectivity index is 3.78. The normalized spacial score (nSPS) is 9.55. The molecule has 0 fully saturated rings. The molecule has 0 rings (SSSR count). The minimum absolute atomic E-state index is 0.149. The highest BCUT2D eigenvalue weighted by Crippen LogP contribution is 2.10. The van der Waals surface area contributed by atoms with Crippen LogP contribution in [0.1, 0.15) is 26.7 Å². The van der Waals surface area contributed by atoms with Crippen LogP contribution in [0.3, 0.4) is 0 Å². The predicted octanol–water partition coefficient (Wildman–Crippen LogP) is 2.24. The fraction of sp³-hybridized carbons (Fsp3) is 0.412. The van der Waals surface area contributed by atoms with Gasteiger partial charge in [-0.25, -0.2) is 4.79 Å². The first kappa shape index (κ1) is 19.7. The molecular formula is C17H26N2O3. The molecule has 2 N–H and O–H groups in total. The van der Waals surface area contributed by atoms with Crippen LogP contribution < -0.4 is 10.6 Å². The lowest BCUT2D eigenvalue weighted by Crippen LogP contribution is -2.33. The van der Waals surface area contributed by atoms with E-state index >= 15 is 0 Å². The highest BCUT2D eigenvalue weighted by Gasteiger charge is 2.07. The highest BCUT2D eigenvalue weighted by atomic mass is 16.5. The zero-order chi connectivity index (χ0) is 17.1. The first-order chi connectivity index (χ1) is 10.3. The van der Waals surface area contributed by atoms with Crippen molar-refractivity contribution in [1.82, 2.24) is 10.6 Å². The molecule has 0 aliphatic rings. The average Bonchev–Trinajstić information content (AvgIpc) is 2.46. The minimum atomic E-state index is -0.449. The third-order valence-corrected chi connectivity index (χ3v) is 2.84. The van der Waals surface area contributed by atoms with Crippen LogP contribution in [-0.4, -0.2) is 31.6 Å². The monoisotopic (exact) mass is 306 g/mol. The Morgan fingerprint density at radius 3 is 2.14 bits per heavy atom. The number of nitrogens with one attached hydrogen (secondary N) is 2. The Labute approximate surface area is 132 Å². The number of allylic oxidation sites excluding steroid dienone is 2. The van der Waals surface area contributed by atoms with Gasteiger partial charge in [0.1, 0.15) is 6.61 Å². The molecule has 0 atom stereocenters. The van der Waals surface area contributed by atoms with Crippen LogP contribution in [0, 0.1) is 0 Å². The van der Waals surface area contributed by atoms with Crippen LogP contribution in [-0.2, 0) is 14.3 Å². The van der Waals surface area contributed by atoms with Gasteiger partial charge in [-0.3, -0.25) is 4.79 Å². The summed E-state index contributed by atoms with van der Waals surface area (Å²) in [4.78, 5) is 22.9. The number of hydrogen-bond acceptors (Lipinski definition) is 4. The average molecular weight is 306 g/mol. The Kier molecular flexibility index (Phi) is 9.34. The van der Waals surface area contributed by atoms with E-state index in [0.717, 1.165) is 24.0 Å². The quantitative estimate of drug-likeness (QED) is 0.266. The Morgan fingerprint density at radius 1 is 0.955 bits per heavy atom. The predicted molar refractivity (Wildman–Crippen MR) is 89.1 cm³/mol. The lowest BCUT2D eigenvalue weighted by Gasteiger charge is -2.11. The molecule has 5 nitrogen and oxygen atoms in total. The maximum Gasteiger partial charge on any atom is 0.333 e. The molecule has 0 saturated carbocycles. The summed E-state index contributed by atoms with van der Waals surface area (Å²) in [5.41, 5.74) is 2.53. The summed E-state index contributed by atoms with van der Waals surface area (Å²) in [5, 5.41) is 5.55. The van der Waals surface area contributed by atoms with Crippen LogP contribution in [0.5, 0.6) is 0 Å². The molecule has 5 heteroatoms. The van der Waals surface area contributed by atoms with E-state index in [2.05, 4.69) is 36.9 Å². The highest BCUT2D eigenvalue weighted by molar-refractivity contribution is 5.92. The van der Waals surface area contributed by atoms with Gasteiger partial charge in [-0.15, -0.1) is 0 Å². The first-order valence-electron chi connectivity index (χ1n) is 7.13. The Morgan fingerprint density at radius 2 is 1.59 bits per heavy atom. The maximum absolute atomic E-state index is 11.7. The van der Waals surface area contributed by atoms with Gasteiger partial charge in [0, 0.05) is 18.7 Å². The summed E-state index contributed by atoms with van der Waals surface area (Å²) in [6.07, 6.45) is 1.59. The van der Waals surface area contributed by atoms with E-state index in [1.807, 2.05) is 6.92 Å². The molecule has 122 valence electrons. The summed E-state index contributed by atoms with van der Waals surface area (Å²) < 4.78 is 4.89. The van der Waals surface area contributed by atoms with Crippen molar-refractivity contribution in [3.8, 4) is 0 Å². The van der Waals surface area contributed by atoms with Crippen LogP contribution >= 0.6 is 0 Å². The molecule has 0 aliphatic carbocycles. The fourth-order valence-corrected chi connectivity index (χ4v) is 1.37. The van der Waals surface area contributed by atoms with E-state index in [1.54, 1.807) is 6.92 Å². The first-order valence-corrected chi connectivity index (χ1v) is 7.13. The second-order valence-corrected chi connectivity index (χ2v) is 5.06. The van der Waals surface area contributed by atoms with Gasteiger partial charge in [-0.05, 0) is 26.7 Å². The van der Waals surface area contributed by atoms with Gasteiger partial charge in [0.15, 0.2) is 0 Å². The second kappa shape index (κ2) is 10.4. The zero-order valence-electron chi connectivity index (χ0n) is 13.6. The molecule has 0 radical (unpaired) electrons. The van der Waals surface area contributed by atoms with Gasteiger partial charge >= 0.3 is 5.97 Å². The summed E-state index contributed by atoms with van der Waals surface area (Å²) >= 11 is 0. The second-order valence-electron chi connectivity index (χ2n) is 5.06. The van der Waals surface area contributed by atoms with E-state index in [9.17, 15) is 9.59 Å². The lowest BCUT2D eigenvalue weighted by atomic mass is 10.1. The minimum Gasteiger partial charge on any atom is -0.460 e. The fourth-order valence-electron chi connectivity index (χ4n) is 1.37. The van der Waals surface area contributed by atoms with E-state index in [-0.39, 0.29) is 18.2 Å². The number of carbonyl (C=O) groups is 2. The summed E-state index contributed by atoms with van der Waals surface area (Å²) in [6, 6.07) is 0. The van der Waals surface area contributed by atoms with Gasteiger partial charge in [0.05, 0.1) is 5.70 Å². The number of rotatable bonds is 11. The van der Waals surface area contributed by atoms with Crippen LogP contribution in [0.2, 0.25) is 0 Å². The summed E-state index contributed by atoms with van der Waals surface area (Å²) in [5.74, 6) is -0.721. The van der Waals surface area contributed by atoms with Crippen molar-refractivity contribution >= 4 is 11.9 Å². The van der Waals surface area contributed by atoms with Gasteiger partial charge in [0.2, 0.25) is 0 Å². The molecule has 0 aromatic carbocycles. The van der Waals surface area contributed by atoms with Gasteiger partial charge in [-0.2, -0.15) is 0 Å². The van der Waals surface area contributed by atoms with Crippen molar-refractivity contribution in [3.63, 3.8) is 0 Å². The Bertz CT molecular complexity index is 434. The molecule has 1 amide bonds. The molecule has 0 aromatic rings. The van der Waals surface area contributed by atoms with E-state index in [0.29, 0.717) is 18.7 Å². The van der Waals surface area contributed by atoms with Crippen molar-refractivity contribution in [1.29, 1.82) is 0 Å². The van der Waals surface area contributed by atoms with E-state index in [4.69, 9.17) is 4.74 Å². The third-order valence-electron chi connectivity index (χ3n) is 2.84. The molecular weight excluding hydrogens is 280 g/mol. The number of hydrogen-bond donors (Lipinski definition) is 2. The van der Waals surface area contributed by atoms with Gasteiger partial charge in [0.25, 0.3) is 5.91 Å². The largest absolute Gasteiger partial charge is 0.460 e. The van der Waals surface area contributed by atoms with Crippen molar-refractivity contribution in [3.05, 3.63) is 48.7 Å². The molecule has 0 aromatic heterocycles. The molecule has 0 bridgehead atoms. The number of amides is 1.